The Morgan fingerprint density at radius 1 is 0.557 bits per heavy atom. The third-order valence-electron chi connectivity index (χ3n) is 13.5. The summed E-state index contributed by atoms with van der Waals surface area (Å²) in [7, 11) is 0. The summed E-state index contributed by atoms with van der Waals surface area (Å²) in [6, 6.07) is 58.7. The van der Waals surface area contributed by atoms with E-state index in [4.69, 9.17) is 13.8 Å². The molecule has 0 bridgehead atoms. The van der Waals surface area contributed by atoms with Gasteiger partial charge in [0.1, 0.15) is 0 Å². The number of para-hydroxylation sites is 5. The molecule has 1 aliphatic rings. The predicted octanol–water partition coefficient (Wildman–Crippen LogP) is 15.1. The quantitative estimate of drug-likeness (QED) is 0.142. The first-order valence-corrected chi connectivity index (χ1v) is 24.8. The molecule has 11 aromatic rings. The molecule has 0 aliphatic carbocycles. The molecular formula is C62H52BN5OPt. The standard InChI is InChI=1S/C62H52BN5O.Pt/c1-61(2,3)44-37-43(38-45(39-44)62(4,5)6)50-29-18-28-49(42-21-9-7-10-22-42)59(50)66-41-65(54-32-15-16-33-55(54)66)47-25-17-26-48(40-47)69-58-36-20-35-57(64-58)67-56-34-19-30-52-51-27-13-14-31-53(51)68(60(52)56)63(67)46-23-11-8-12-24-46;/h7-40H,1-6H3;/i7D,9D,10D,21D,22D;. The summed E-state index contributed by atoms with van der Waals surface area (Å²) in [6.45, 7) is 13.1. The molecule has 70 heavy (non-hydrogen) atoms. The normalized spacial score (nSPS) is 13.7. The van der Waals surface area contributed by atoms with Crippen LogP contribution in [-0.4, -0.2) is 25.6 Å². The number of fused-ring (bicyclic) bond motifs is 4. The van der Waals surface area contributed by atoms with Gasteiger partial charge in [0.05, 0.1) is 0 Å². The zero-order chi connectivity index (χ0) is 52.2. The Morgan fingerprint density at radius 3 is 1.90 bits per heavy atom. The van der Waals surface area contributed by atoms with Crippen molar-refractivity contribution in [2.24, 2.45) is 0 Å². The van der Waals surface area contributed by atoms with Gasteiger partial charge < -0.3 is 0 Å². The number of nitrogens with zero attached hydrogens (tertiary/aromatic N) is 5. The van der Waals surface area contributed by atoms with Crippen LogP contribution in [0.4, 0.5) is 11.5 Å². The maximum atomic E-state index is 9.29. The van der Waals surface area contributed by atoms with Crippen LogP contribution in [0.3, 0.4) is 0 Å². The fourth-order valence-corrected chi connectivity index (χ4v) is 11.2. The van der Waals surface area contributed by atoms with Crippen LogP contribution in [-0.2, 0) is 30.2 Å². The third kappa shape index (κ3) is 7.38. The molecule has 0 saturated heterocycles. The van der Waals surface area contributed by atoms with Gasteiger partial charge in [-0.3, -0.25) is 0 Å². The van der Waals surface area contributed by atoms with E-state index in [-0.39, 0.29) is 47.5 Å². The van der Waals surface area contributed by atoms with Crippen LogP contribution in [0.25, 0.3) is 66.5 Å². The second-order valence-electron chi connectivity index (χ2n) is 20.0. The van der Waals surface area contributed by atoms with Crippen molar-refractivity contribution < 1.29 is 30.9 Å². The van der Waals surface area contributed by atoms with Gasteiger partial charge in [-0.2, -0.15) is 0 Å². The molecule has 0 fully saturated rings. The van der Waals surface area contributed by atoms with E-state index < -0.39 is 6.04 Å². The van der Waals surface area contributed by atoms with Gasteiger partial charge in [0.25, 0.3) is 0 Å². The van der Waals surface area contributed by atoms with Gasteiger partial charge >= 0.3 is 347 Å². The van der Waals surface area contributed by atoms with E-state index in [1.54, 1.807) is 0 Å². The molecule has 8 aromatic carbocycles. The van der Waals surface area contributed by atoms with Crippen molar-refractivity contribution in [3.63, 3.8) is 0 Å². The number of rotatable bonds is 8. The number of hydrogen-bond donors (Lipinski definition) is 0. The molecule has 0 spiro atoms. The van der Waals surface area contributed by atoms with E-state index in [9.17, 15) is 2.74 Å². The van der Waals surface area contributed by atoms with Crippen LogP contribution in [0, 0.1) is 3.80 Å². The van der Waals surface area contributed by atoms with Crippen LogP contribution in [0.5, 0.6) is 11.6 Å². The first-order chi connectivity index (χ1) is 36.0. The summed E-state index contributed by atoms with van der Waals surface area (Å²) in [5.74, 6) is 1.78. The molecule has 0 atom stereocenters. The summed E-state index contributed by atoms with van der Waals surface area (Å²) in [4.78, 5) is 7.54. The molecule has 12 rings (SSSR count). The molecule has 0 saturated carbocycles. The van der Waals surface area contributed by atoms with Gasteiger partial charge in [0.15, 0.2) is 0 Å². The Morgan fingerprint density at radius 2 is 1.17 bits per heavy atom. The van der Waals surface area contributed by atoms with Crippen LogP contribution in [0.15, 0.2) is 206 Å². The van der Waals surface area contributed by atoms with E-state index in [0.29, 0.717) is 22.9 Å². The molecule has 0 N–H and O–H groups in total. The van der Waals surface area contributed by atoms with Gasteiger partial charge in [-0.15, -0.1) is 0 Å². The van der Waals surface area contributed by atoms with Crippen LogP contribution < -0.4 is 15.0 Å². The second kappa shape index (κ2) is 16.9. The van der Waals surface area contributed by atoms with Crippen LogP contribution >= 0.6 is 0 Å². The minimum atomic E-state index is -0.434. The predicted molar refractivity (Wildman–Crippen MR) is 287 cm³/mol. The minimum absolute atomic E-state index is 0.133. The van der Waals surface area contributed by atoms with E-state index in [1.165, 1.54) is 21.9 Å². The summed E-state index contributed by atoms with van der Waals surface area (Å²) in [5, 5.41) is 2.41. The van der Waals surface area contributed by atoms with Gasteiger partial charge in [-0.05, 0) is 6.07 Å². The topological polar surface area (TPSA) is 40.1 Å². The van der Waals surface area contributed by atoms with Crippen molar-refractivity contribution in [3.8, 4) is 45.3 Å². The molecule has 4 heterocycles. The number of aromatic nitrogens is 4. The van der Waals surface area contributed by atoms with Crippen molar-refractivity contribution in [1.29, 1.82) is 0 Å². The number of anilines is 2. The fraction of sp³-hybridized carbons (Fsp3) is 0.129. The molecule has 6 nitrogen and oxygen atoms in total. The summed E-state index contributed by atoms with van der Waals surface area (Å²) in [6.07, 6.45) is 0. The summed E-state index contributed by atoms with van der Waals surface area (Å²) >= 11 is 2.37. The molecule has 344 valence electrons. The number of imidazole rings is 1. The Hall–Kier alpha value is -7.47. The Bertz CT molecular complexity index is 4130. The van der Waals surface area contributed by atoms with Crippen molar-refractivity contribution in [2.45, 2.75) is 52.4 Å². The van der Waals surface area contributed by atoms with Crippen molar-refractivity contribution in [2.75, 3.05) is 4.81 Å². The van der Waals surface area contributed by atoms with Crippen LogP contribution in [0.1, 0.15) is 59.5 Å². The van der Waals surface area contributed by atoms with Crippen molar-refractivity contribution in [1.82, 2.24) is 18.6 Å². The second-order valence-corrected chi connectivity index (χ2v) is 21.1. The van der Waals surface area contributed by atoms with Crippen molar-refractivity contribution in [3.05, 3.63) is 221 Å². The molecule has 3 aromatic heterocycles. The summed E-state index contributed by atoms with van der Waals surface area (Å²) < 4.78 is 59.0. The first-order valence-electron chi connectivity index (χ1n) is 26.2. The molecule has 0 amide bonds. The summed E-state index contributed by atoms with van der Waals surface area (Å²) in [5.41, 5.74) is 12.2. The number of hydrogen-bond acceptors (Lipinski definition) is 3. The van der Waals surface area contributed by atoms with Crippen molar-refractivity contribution >= 4 is 56.8 Å². The Balaban J connectivity index is 1.01. The van der Waals surface area contributed by atoms with Gasteiger partial charge in [0, 0.05) is 16.3 Å². The van der Waals surface area contributed by atoms with E-state index >= 15 is 0 Å². The van der Waals surface area contributed by atoms with E-state index in [0.717, 1.165) is 59.7 Å². The molecule has 0 unspecified atom stereocenters. The van der Waals surface area contributed by atoms with E-state index in [1.807, 2.05) is 66.7 Å². The zero-order valence-corrected chi connectivity index (χ0v) is 42.1. The fourth-order valence-electron chi connectivity index (χ4n) is 10.1. The zero-order valence-electron chi connectivity index (χ0n) is 44.8. The first kappa shape index (κ1) is 38.4. The van der Waals surface area contributed by atoms with Gasteiger partial charge in [-0.25, -0.2) is 0 Å². The molecule has 0 radical (unpaired) electrons. The van der Waals surface area contributed by atoms with Crippen LogP contribution in [0.2, 0.25) is 0 Å². The number of pyridine rings is 1. The SMILES string of the molecule is [2H]c1c([2H])c([2H])c(-c2cccc(-c3cc(C(C)(C)C)cc(C(C)(C)C)c3)c2-n2[c](=[Pt])n(-c3cccc(Oc4cccc(N5B(c6ccccc6)n6c7ccccc7c7cccc5c76)n4)c3)c3ccccc32)c([2H])c1[2H]. The molecule has 8 heteroatoms. The monoisotopic (exact) mass is 1090 g/mol. The maximum absolute atomic E-state index is 9.29. The number of benzene rings is 8. The third-order valence-corrected chi connectivity index (χ3v) is 14.5. The average molecular weight is 1090 g/mol. The molecule has 1 aliphatic heterocycles. The Kier molecular flexibility index (Phi) is 9.26. The average Bonchev–Trinajstić information content (AvgIpc) is 4.07. The molecular weight excluding hydrogens is 1040 g/mol. The number of ether oxygens (including phenoxy) is 1. The Labute approximate surface area is 427 Å². The van der Waals surface area contributed by atoms with Gasteiger partial charge in [-0.1, -0.05) is 60.7 Å². The van der Waals surface area contributed by atoms with Gasteiger partial charge in [0.2, 0.25) is 0 Å². The van der Waals surface area contributed by atoms with E-state index in [2.05, 4.69) is 189 Å².